The fourth-order valence-corrected chi connectivity index (χ4v) is 1.74. The van der Waals surface area contributed by atoms with Crippen molar-refractivity contribution in [2.24, 2.45) is 0 Å². The highest BCUT2D eigenvalue weighted by atomic mass is 28.3. The van der Waals surface area contributed by atoms with Crippen LogP contribution in [0.2, 0.25) is 13.1 Å². The summed E-state index contributed by atoms with van der Waals surface area (Å²) in [5, 5.41) is 8.96. The van der Waals surface area contributed by atoms with Crippen LogP contribution in [0.1, 0.15) is 10.4 Å². The van der Waals surface area contributed by atoms with Crippen LogP contribution in [0, 0.1) is 0 Å². The van der Waals surface area contributed by atoms with E-state index in [0.29, 0.717) is 12.0 Å². The molecular weight excluding hydrogens is 220 g/mol. The Morgan fingerprint density at radius 1 is 1.50 bits per heavy atom. The highest BCUT2D eigenvalue weighted by Gasteiger charge is 2.19. The number of aromatic carboxylic acids is 1. The molecule has 3 nitrogen and oxygen atoms in total. The molecule has 4 heteroatoms. The minimum Gasteiger partial charge on any atom is -0.496 e. The van der Waals surface area contributed by atoms with Gasteiger partial charge in [0, 0.05) is 0 Å². The van der Waals surface area contributed by atoms with Crippen molar-refractivity contribution in [3.63, 3.8) is 0 Å². The van der Waals surface area contributed by atoms with Gasteiger partial charge in [0.05, 0.1) is 6.23 Å². The first-order valence-electron chi connectivity index (χ1n) is 5.05. The van der Waals surface area contributed by atoms with Crippen LogP contribution >= 0.6 is 0 Å². The Kier molecular flexibility index (Phi) is 3.90. The maximum atomic E-state index is 10.9. The lowest BCUT2D eigenvalue weighted by atomic mass is 10.2. The van der Waals surface area contributed by atoms with E-state index in [1.165, 1.54) is 0 Å². The molecule has 0 amide bonds. The number of para-hydroxylation sites is 1. The SMILES string of the molecule is C=C[Si](C)(C)COc1ccccc1C(=O)O. The topological polar surface area (TPSA) is 46.5 Å². The van der Waals surface area contributed by atoms with Gasteiger partial charge in [0.2, 0.25) is 0 Å². The maximum Gasteiger partial charge on any atom is 0.339 e. The molecule has 0 radical (unpaired) electrons. The quantitative estimate of drug-likeness (QED) is 0.800. The van der Waals surface area contributed by atoms with Crippen LogP contribution in [-0.2, 0) is 0 Å². The number of rotatable bonds is 5. The Morgan fingerprint density at radius 2 is 2.12 bits per heavy atom. The first kappa shape index (κ1) is 12.5. The van der Waals surface area contributed by atoms with Crippen molar-refractivity contribution < 1.29 is 14.6 Å². The maximum absolute atomic E-state index is 10.9. The number of hydrogen-bond acceptors (Lipinski definition) is 2. The molecule has 16 heavy (non-hydrogen) atoms. The Morgan fingerprint density at radius 3 is 2.69 bits per heavy atom. The van der Waals surface area contributed by atoms with Crippen molar-refractivity contribution in [2.45, 2.75) is 13.1 Å². The highest BCUT2D eigenvalue weighted by Crippen LogP contribution is 2.19. The van der Waals surface area contributed by atoms with Crippen molar-refractivity contribution in [3.8, 4) is 5.75 Å². The van der Waals surface area contributed by atoms with Crippen LogP contribution in [-0.4, -0.2) is 25.4 Å². The van der Waals surface area contributed by atoms with E-state index in [1.54, 1.807) is 24.3 Å². The Balaban J connectivity index is 2.82. The number of hydrogen-bond donors (Lipinski definition) is 1. The molecule has 0 saturated heterocycles. The molecule has 1 N–H and O–H groups in total. The molecule has 86 valence electrons. The van der Waals surface area contributed by atoms with Gasteiger partial charge >= 0.3 is 5.97 Å². The summed E-state index contributed by atoms with van der Waals surface area (Å²) < 4.78 is 5.56. The van der Waals surface area contributed by atoms with E-state index in [9.17, 15) is 4.79 Å². The van der Waals surface area contributed by atoms with Gasteiger partial charge in [-0.05, 0) is 12.1 Å². The van der Waals surface area contributed by atoms with E-state index < -0.39 is 14.0 Å². The smallest absolute Gasteiger partial charge is 0.339 e. The Bertz CT molecular complexity index is 399. The van der Waals surface area contributed by atoms with Crippen LogP contribution in [0.3, 0.4) is 0 Å². The zero-order valence-corrected chi connectivity index (χ0v) is 10.6. The molecule has 0 spiro atoms. The fourth-order valence-electron chi connectivity index (χ4n) is 1.09. The van der Waals surface area contributed by atoms with Gasteiger partial charge in [-0.3, -0.25) is 0 Å². The van der Waals surface area contributed by atoms with E-state index >= 15 is 0 Å². The summed E-state index contributed by atoms with van der Waals surface area (Å²) in [6.07, 6.45) is 0.542. The van der Waals surface area contributed by atoms with Crippen LogP contribution in [0.4, 0.5) is 0 Å². The van der Waals surface area contributed by atoms with Crippen LogP contribution < -0.4 is 4.74 Å². The van der Waals surface area contributed by atoms with E-state index in [1.807, 2.05) is 5.70 Å². The van der Waals surface area contributed by atoms with Gasteiger partial charge in [-0.25, -0.2) is 4.79 Å². The molecular formula is C12H16O3Si. The zero-order valence-electron chi connectivity index (χ0n) is 9.56. The Labute approximate surface area is 96.4 Å². The minimum atomic E-state index is -1.57. The van der Waals surface area contributed by atoms with E-state index in [0.717, 1.165) is 0 Å². The van der Waals surface area contributed by atoms with Crippen molar-refractivity contribution >= 4 is 14.0 Å². The van der Waals surface area contributed by atoms with Crippen molar-refractivity contribution in [1.82, 2.24) is 0 Å². The molecule has 1 rings (SSSR count). The number of carboxylic acid groups (broad SMARTS) is 1. The summed E-state index contributed by atoms with van der Waals surface area (Å²) in [6, 6.07) is 6.67. The summed E-state index contributed by atoms with van der Waals surface area (Å²) in [7, 11) is -1.57. The lowest BCUT2D eigenvalue weighted by Gasteiger charge is -2.18. The largest absolute Gasteiger partial charge is 0.496 e. The third-order valence-electron chi connectivity index (χ3n) is 2.27. The lowest BCUT2D eigenvalue weighted by Crippen LogP contribution is -2.32. The van der Waals surface area contributed by atoms with Gasteiger partial charge in [0.1, 0.15) is 19.4 Å². The molecule has 1 aromatic rings. The normalized spacial score (nSPS) is 10.9. The molecule has 0 aliphatic rings. The monoisotopic (exact) mass is 236 g/mol. The fraction of sp³-hybridized carbons (Fsp3) is 0.250. The standard InChI is InChI=1S/C12H16O3Si/c1-4-16(2,3)9-15-11-8-6-5-7-10(11)12(13)14/h4-8H,1,9H2,2-3H3,(H,13,14). The summed E-state index contributed by atoms with van der Waals surface area (Å²) >= 11 is 0. The van der Waals surface area contributed by atoms with E-state index in [-0.39, 0.29) is 5.56 Å². The van der Waals surface area contributed by atoms with Gasteiger partial charge in [-0.1, -0.05) is 30.9 Å². The van der Waals surface area contributed by atoms with Crippen LogP contribution in [0.25, 0.3) is 0 Å². The molecule has 0 aliphatic carbocycles. The summed E-state index contributed by atoms with van der Waals surface area (Å²) in [6.45, 7) is 8.00. The van der Waals surface area contributed by atoms with Crippen LogP contribution in [0.5, 0.6) is 5.75 Å². The highest BCUT2D eigenvalue weighted by molar-refractivity contribution is 6.82. The zero-order chi connectivity index (χ0) is 12.2. The van der Waals surface area contributed by atoms with E-state index in [2.05, 4.69) is 19.7 Å². The van der Waals surface area contributed by atoms with Crippen molar-refractivity contribution in [2.75, 3.05) is 6.23 Å². The number of carbonyl (C=O) groups is 1. The lowest BCUT2D eigenvalue weighted by molar-refractivity contribution is 0.0693. The summed E-state index contributed by atoms with van der Waals surface area (Å²) in [4.78, 5) is 10.9. The van der Waals surface area contributed by atoms with Gasteiger partial charge < -0.3 is 9.84 Å². The van der Waals surface area contributed by atoms with Crippen molar-refractivity contribution in [3.05, 3.63) is 42.1 Å². The molecule has 0 fully saturated rings. The molecule has 0 saturated carbocycles. The first-order valence-corrected chi connectivity index (χ1v) is 8.33. The van der Waals surface area contributed by atoms with Crippen LogP contribution in [0.15, 0.2) is 36.5 Å². The minimum absolute atomic E-state index is 0.205. The third-order valence-corrected chi connectivity index (χ3v) is 4.26. The van der Waals surface area contributed by atoms with Gasteiger partial charge in [0.25, 0.3) is 0 Å². The van der Waals surface area contributed by atoms with Crippen molar-refractivity contribution in [1.29, 1.82) is 0 Å². The van der Waals surface area contributed by atoms with Gasteiger partial charge in [-0.15, -0.1) is 6.58 Å². The first-order chi connectivity index (χ1) is 7.46. The number of benzene rings is 1. The Hall–Kier alpha value is -1.55. The molecule has 0 atom stereocenters. The predicted octanol–water partition coefficient (Wildman–Crippen LogP) is 2.74. The summed E-state index contributed by atoms with van der Waals surface area (Å²) in [5.74, 6) is -0.536. The van der Waals surface area contributed by atoms with Gasteiger partial charge in [-0.2, -0.15) is 0 Å². The average Bonchev–Trinajstić information content (AvgIpc) is 2.27. The second-order valence-corrected chi connectivity index (χ2v) is 8.96. The molecule has 0 aromatic heterocycles. The second-order valence-electron chi connectivity index (χ2n) is 4.28. The molecule has 0 unspecified atom stereocenters. The molecule has 1 aromatic carbocycles. The number of ether oxygens (including phenoxy) is 1. The van der Waals surface area contributed by atoms with E-state index in [4.69, 9.17) is 9.84 Å². The van der Waals surface area contributed by atoms with Gasteiger partial charge in [0.15, 0.2) is 0 Å². The third kappa shape index (κ3) is 3.24. The molecule has 0 bridgehead atoms. The summed E-state index contributed by atoms with van der Waals surface area (Å²) in [5.41, 5.74) is 2.13. The average molecular weight is 236 g/mol. The molecule has 0 aliphatic heterocycles. The molecule has 0 heterocycles. The second kappa shape index (κ2) is 4.98. The predicted molar refractivity (Wildman–Crippen MR) is 66.6 cm³/mol. The number of carboxylic acids is 1.